The number of para-hydroxylation sites is 2. The Bertz CT molecular complexity index is 2040. The van der Waals surface area contributed by atoms with Crippen molar-refractivity contribution in [2.45, 2.75) is 26.2 Å². The summed E-state index contributed by atoms with van der Waals surface area (Å²) in [5.41, 5.74) is 18.5. The van der Waals surface area contributed by atoms with Crippen molar-refractivity contribution in [2.24, 2.45) is 0 Å². The first kappa shape index (κ1) is 29.7. The minimum absolute atomic E-state index is 0.0655. The molecule has 0 saturated heterocycles. The summed E-state index contributed by atoms with van der Waals surface area (Å²) in [7, 11) is 1.58. The molecule has 7 N–H and O–H groups in total. The zero-order chi connectivity index (χ0) is 31.2. The monoisotopic (exact) mass is 587 g/mol. The number of carbonyl (C=O) groups is 3. The number of aromatic nitrogens is 2. The van der Waals surface area contributed by atoms with Gasteiger partial charge in [0.1, 0.15) is 0 Å². The van der Waals surface area contributed by atoms with Crippen LogP contribution in [0.3, 0.4) is 0 Å². The number of carbonyl (C=O) groups excluding carboxylic acids is 3. The summed E-state index contributed by atoms with van der Waals surface area (Å²) in [5.74, 6) is -0.300. The zero-order valence-electron chi connectivity index (χ0n) is 24.5. The van der Waals surface area contributed by atoms with E-state index in [1.165, 1.54) is 6.92 Å². The summed E-state index contributed by atoms with van der Waals surface area (Å²) in [5, 5.41) is 11.6. The molecule has 0 radical (unpaired) electrons. The third-order valence-electron chi connectivity index (χ3n) is 7.13. The highest BCUT2D eigenvalue weighted by atomic mass is 16.2. The lowest BCUT2D eigenvalue weighted by molar-refractivity contribution is -0.121. The van der Waals surface area contributed by atoms with E-state index < -0.39 is 0 Å². The lowest BCUT2D eigenvalue weighted by Crippen LogP contribution is -2.18. The van der Waals surface area contributed by atoms with E-state index in [-0.39, 0.29) is 24.1 Å². The van der Waals surface area contributed by atoms with Crippen LogP contribution >= 0.6 is 0 Å². The predicted octanol–water partition coefficient (Wildman–Crippen LogP) is 5.75. The molecule has 4 aromatic carbocycles. The normalized spacial score (nSPS) is 10.8. The standard InChI is InChI=1S/C19H20N4O2.C15H13N3O/c1-21-17(24)7-4-8-18(25)22-12-9-10-16-14(11-12)19(20)13-5-2-3-6-15(13)23-16;1-9(19)17-10-6-7-14-12(8-10)15(16)11-4-2-3-5-13(11)18-14/h2-3,5-6,9-11H,4,7-8H2,1H3,(H2,20,23)(H,21,24)(H,22,25);2-8H,1H3,(H2,16,18)(H,17,19). The Morgan fingerprint density at radius 1 is 0.614 bits per heavy atom. The smallest absolute Gasteiger partial charge is 0.224 e. The molecular formula is C34H33N7O3. The highest BCUT2D eigenvalue weighted by molar-refractivity contribution is 6.09. The first-order chi connectivity index (χ1) is 21.2. The lowest BCUT2D eigenvalue weighted by Gasteiger charge is -2.10. The summed E-state index contributed by atoms with van der Waals surface area (Å²) in [4.78, 5) is 43.5. The van der Waals surface area contributed by atoms with E-state index in [2.05, 4.69) is 25.9 Å². The van der Waals surface area contributed by atoms with Gasteiger partial charge in [-0.25, -0.2) is 9.97 Å². The molecule has 0 saturated carbocycles. The van der Waals surface area contributed by atoms with Crippen molar-refractivity contribution in [2.75, 3.05) is 29.1 Å². The molecule has 0 aliphatic carbocycles. The minimum Gasteiger partial charge on any atom is -0.398 e. The molecule has 0 aliphatic heterocycles. The summed E-state index contributed by atoms with van der Waals surface area (Å²) in [6.45, 7) is 1.48. The van der Waals surface area contributed by atoms with Gasteiger partial charge in [-0.15, -0.1) is 0 Å². The molecule has 0 bridgehead atoms. The number of hydrogen-bond donors (Lipinski definition) is 5. The van der Waals surface area contributed by atoms with Crippen molar-refractivity contribution in [1.82, 2.24) is 15.3 Å². The van der Waals surface area contributed by atoms with Gasteiger partial charge in [-0.1, -0.05) is 36.4 Å². The number of nitrogen functional groups attached to an aromatic ring is 2. The van der Waals surface area contributed by atoms with Crippen molar-refractivity contribution < 1.29 is 14.4 Å². The van der Waals surface area contributed by atoms with Crippen LogP contribution in [0.2, 0.25) is 0 Å². The van der Waals surface area contributed by atoms with E-state index in [0.717, 1.165) is 49.3 Å². The van der Waals surface area contributed by atoms with Gasteiger partial charge in [0.05, 0.1) is 33.4 Å². The molecule has 3 amide bonds. The Hall–Kier alpha value is -5.77. The Morgan fingerprint density at radius 3 is 1.57 bits per heavy atom. The molecule has 0 unspecified atom stereocenters. The number of nitrogens with two attached hydrogens (primary N) is 2. The van der Waals surface area contributed by atoms with E-state index in [9.17, 15) is 14.4 Å². The average Bonchev–Trinajstić information content (AvgIpc) is 3.02. The molecular weight excluding hydrogens is 554 g/mol. The summed E-state index contributed by atoms with van der Waals surface area (Å²) in [6, 6.07) is 26.5. The van der Waals surface area contributed by atoms with Gasteiger partial charge in [-0.2, -0.15) is 0 Å². The number of hydrogen-bond acceptors (Lipinski definition) is 7. The minimum atomic E-state index is -0.129. The molecule has 0 atom stereocenters. The quantitative estimate of drug-likeness (QED) is 0.155. The number of nitrogens with one attached hydrogen (secondary N) is 3. The summed E-state index contributed by atoms with van der Waals surface area (Å²) >= 11 is 0. The largest absolute Gasteiger partial charge is 0.398 e. The van der Waals surface area contributed by atoms with Crippen LogP contribution in [-0.4, -0.2) is 34.7 Å². The van der Waals surface area contributed by atoms with Crippen LogP contribution in [0.25, 0.3) is 43.6 Å². The maximum atomic E-state index is 12.0. The van der Waals surface area contributed by atoms with Crippen LogP contribution in [0.15, 0.2) is 84.9 Å². The second kappa shape index (κ2) is 13.0. The van der Waals surface area contributed by atoms with Crippen LogP contribution in [0, 0.1) is 0 Å². The highest BCUT2D eigenvalue weighted by Crippen LogP contribution is 2.31. The summed E-state index contributed by atoms with van der Waals surface area (Å²) in [6.07, 6.45) is 1.13. The number of nitrogens with zero attached hydrogens (tertiary/aromatic N) is 2. The topological polar surface area (TPSA) is 165 Å². The van der Waals surface area contributed by atoms with E-state index in [1.807, 2.05) is 78.9 Å². The summed E-state index contributed by atoms with van der Waals surface area (Å²) < 4.78 is 0. The first-order valence-corrected chi connectivity index (χ1v) is 14.2. The molecule has 10 heteroatoms. The fourth-order valence-electron chi connectivity index (χ4n) is 4.96. The van der Waals surface area contributed by atoms with Gasteiger partial charge in [-0.3, -0.25) is 14.4 Å². The van der Waals surface area contributed by atoms with Crippen molar-refractivity contribution in [3.05, 3.63) is 84.9 Å². The van der Waals surface area contributed by atoms with Gasteiger partial charge in [0, 0.05) is 59.7 Å². The molecule has 222 valence electrons. The Balaban J connectivity index is 0.000000181. The van der Waals surface area contributed by atoms with Gasteiger partial charge in [0.15, 0.2) is 0 Å². The van der Waals surface area contributed by atoms with Gasteiger partial charge < -0.3 is 27.4 Å². The van der Waals surface area contributed by atoms with Gasteiger partial charge in [0.25, 0.3) is 0 Å². The highest BCUT2D eigenvalue weighted by Gasteiger charge is 2.10. The Labute approximate surface area is 253 Å². The van der Waals surface area contributed by atoms with Crippen molar-refractivity contribution >= 4 is 84.1 Å². The van der Waals surface area contributed by atoms with E-state index >= 15 is 0 Å². The predicted molar refractivity (Wildman–Crippen MR) is 178 cm³/mol. The number of pyridine rings is 2. The van der Waals surface area contributed by atoms with E-state index in [0.29, 0.717) is 29.9 Å². The third-order valence-corrected chi connectivity index (χ3v) is 7.13. The molecule has 2 aromatic heterocycles. The number of rotatable bonds is 6. The molecule has 10 nitrogen and oxygen atoms in total. The number of anilines is 4. The molecule has 0 aliphatic rings. The Kier molecular flexibility index (Phi) is 8.80. The second-order valence-corrected chi connectivity index (χ2v) is 10.3. The van der Waals surface area contributed by atoms with Gasteiger partial charge in [0.2, 0.25) is 17.7 Å². The van der Waals surface area contributed by atoms with Crippen LogP contribution in [0.5, 0.6) is 0 Å². The average molecular weight is 588 g/mol. The van der Waals surface area contributed by atoms with Crippen molar-refractivity contribution in [3.8, 4) is 0 Å². The third kappa shape index (κ3) is 6.65. The molecule has 6 rings (SSSR count). The maximum Gasteiger partial charge on any atom is 0.224 e. The molecule has 44 heavy (non-hydrogen) atoms. The maximum absolute atomic E-state index is 12.0. The number of benzene rings is 4. The van der Waals surface area contributed by atoms with Crippen LogP contribution in [0.4, 0.5) is 22.7 Å². The molecule has 0 fully saturated rings. The van der Waals surface area contributed by atoms with Gasteiger partial charge >= 0.3 is 0 Å². The second-order valence-electron chi connectivity index (χ2n) is 10.3. The molecule has 6 aromatic rings. The lowest BCUT2D eigenvalue weighted by atomic mass is 10.1. The van der Waals surface area contributed by atoms with E-state index in [1.54, 1.807) is 13.1 Å². The fourth-order valence-corrected chi connectivity index (χ4v) is 4.96. The SMILES string of the molecule is CC(=O)Nc1ccc2nc3ccccc3c(N)c2c1.CNC(=O)CCCC(=O)Nc1ccc2nc3ccccc3c(N)c2c1. The van der Waals surface area contributed by atoms with Gasteiger partial charge in [-0.05, 0) is 55.0 Å². The van der Waals surface area contributed by atoms with Crippen LogP contribution in [0.1, 0.15) is 26.2 Å². The Morgan fingerprint density at radius 2 is 1.07 bits per heavy atom. The van der Waals surface area contributed by atoms with Crippen molar-refractivity contribution in [1.29, 1.82) is 0 Å². The fraction of sp³-hybridized carbons (Fsp3) is 0.147. The first-order valence-electron chi connectivity index (χ1n) is 14.2. The van der Waals surface area contributed by atoms with Crippen LogP contribution < -0.4 is 27.4 Å². The number of fused-ring (bicyclic) bond motifs is 4. The molecule has 0 spiro atoms. The number of amides is 3. The van der Waals surface area contributed by atoms with Crippen molar-refractivity contribution in [3.63, 3.8) is 0 Å². The van der Waals surface area contributed by atoms with E-state index in [4.69, 9.17) is 11.5 Å². The van der Waals surface area contributed by atoms with Crippen LogP contribution in [-0.2, 0) is 14.4 Å². The molecule has 2 heterocycles. The zero-order valence-corrected chi connectivity index (χ0v) is 24.5.